The van der Waals surface area contributed by atoms with Crippen molar-refractivity contribution in [1.29, 1.82) is 0 Å². The van der Waals surface area contributed by atoms with Crippen molar-refractivity contribution in [1.82, 2.24) is 5.32 Å². The Morgan fingerprint density at radius 2 is 1.56 bits per heavy atom. The minimum Gasteiger partial charge on any atom is -0.344 e. The van der Waals surface area contributed by atoms with Crippen LogP contribution >= 0.6 is 23.4 Å². The van der Waals surface area contributed by atoms with Gasteiger partial charge in [0.1, 0.15) is 0 Å². The molecule has 0 aliphatic rings. The number of benzene rings is 3. The van der Waals surface area contributed by atoms with Gasteiger partial charge in [0, 0.05) is 10.8 Å². The van der Waals surface area contributed by atoms with Crippen LogP contribution in [-0.2, 0) is 10.5 Å². The number of carbonyl (C=O) groups excluding carboxylic acids is 1. The summed E-state index contributed by atoms with van der Waals surface area (Å²) in [5.74, 6) is 1.23. The van der Waals surface area contributed by atoms with Crippen LogP contribution in [0.3, 0.4) is 0 Å². The summed E-state index contributed by atoms with van der Waals surface area (Å²) in [4.78, 5) is 12.6. The molecule has 1 atom stereocenters. The monoisotopic (exact) mass is 395 g/mol. The lowest BCUT2D eigenvalue weighted by Gasteiger charge is -2.20. The maximum absolute atomic E-state index is 12.6. The van der Waals surface area contributed by atoms with Crippen molar-refractivity contribution in [2.75, 3.05) is 5.75 Å². The summed E-state index contributed by atoms with van der Waals surface area (Å²) in [7, 11) is 0. The van der Waals surface area contributed by atoms with Gasteiger partial charge in [-0.05, 0) is 35.7 Å². The Balaban J connectivity index is 1.63. The molecule has 3 aromatic rings. The van der Waals surface area contributed by atoms with E-state index in [0.717, 1.165) is 27.5 Å². The van der Waals surface area contributed by atoms with Crippen LogP contribution in [0.1, 0.15) is 28.3 Å². The lowest BCUT2D eigenvalue weighted by Crippen LogP contribution is -2.30. The van der Waals surface area contributed by atoms with Crippen molar-refractivity contribution in [3.05, 3.63) is 106 Å². The number of carbonyl (C=O) groups is 1. The third kappa shape index (κ3) is 5.88. The smallest absolute Gasteiger partial charge is 0.230 e. The van der Waals surface area contributed by atoms with Gasteiger partial charge < -0.3 is 5.32 Å². The van der Waals surface area contributed by atoms with Gasteiger partial charge in [-0.1, -0.05) is 83.9 Å². The highest BCUT2D eigenvalue weighted by atomic mass is 35.5. The number of rotatable bonds is 7. The maximum Gasteiger partial charge on any atom is 0.230 e. The Morgan fingerprint density at radius 1 is 0.926 bits per heavy atom. The zero-order valence-electron chi connectivity index (χ0n) is 15.2. The van der Waals surface area contributed by atoms with E-state index in [1.807, 2.05) is 54.6 Å². The summed E-state index contributed by atoms with van der Waals surface area (Å²) in [6.45, 7) is 2.06. The Labute approximate surface area is 170 Å². The predicted molar refractivity (Wildman–Crippen MR) is 115 cm³/mol. The highest BCUT2D eigenvalue weighted by Crippen LogP contribution is 2.23. The van der Waals surface area contributed by atoms with Gasteiger partial charge in [-0.2, -0.15) is 0 Å². The predicted octanol–water partition coefficient (Wildman–Crippen LogP) is 5.79. The maximum atomic E-state index is 12.6. The lowest BCUT2D eigenvalue weighted by molar-refractivity contribution is -0.119. The Kier molecular flexibility index (Phi) is 6.97. The van der Waals surface area contributed by atoms with Crippen LogP contribution in [0.2, 0.25) is 5.02 Å². The van der Waals surface area contributed by atoms with Crippen molar-refractivity contribution in [2.24, 2.45) is 0 Å². The average molecular weight is 396 g/mol. The molecule has 0 fully saturated rings. The quantitative estimate of drug-likeness (QED) is 0.548. The van der Waals surface area contributed by atoms with E-state index < -0.39 is 0 Å². The van der Waals surface area contributed by atoms with Gasteiger partial charge in [0.25, 0.3) is 0 Å². The van der Waals surface area contributed by atoms with Crippen molar-refractivity contribution in [3.63, 3.8) is 0 Å². The molecular weight excluding hydrogens is 374 g/mol. The molecule has 0 radical (unpaired) electrons. The van der Waals surface area contributed by atoms with Crippen LogP contribution in [0, 0.1) is 6.92 Å². The first-order valence-electron chi connectivity index (χ1n) is 8.85. The Bertz CT molecular complexity index is 863. The number of nitrogens with one attached hydrogen (secondary N) is 1. The number of halogens is 1. The minimum atomic E-state index is -0.143. The van der Waals surface area contributed by atoms with E-state index in [-0.39, 0.29) is 11.9 Å². The van der Waals surface area contributed by atoms with E-state index >= 15 is 0 Å². The SMILES string of the molecule is Cc1ccc(C(NC(=O)CSCc2ccc(Cl)cc2)c2ccccc2)cc1. The van der Waals surface area contributed by atoms with Gasteiger partial charge in [-0.15, -0.1) is 11.8 Å². The molecule has 2 nitrogen and oxygen atoms in total. The second kappa shape index (κ2) is 9.63. The van der Waals surface area contributed by atoms with Gasteiger partial charge in [0.15, 0.2) is 0 Å². The Morgan fingerprint density at radius 3 is 2.22 bits per heavy atom. The number of hydrogen-bond donors (Lipinski definition) is 1. The fraction of sp³-hybridized carbons (Fsp3) is 0.174. The minimum absolute atomic E-state index is 0.0309. The zero-order valence-corrected chi connectivity index (χ0v) is 16.8. The van der Waals surface area contributed by atoms with Gasteiger partial charge in [-0.3, -0.25) is 4.79 Å². The molecule has 0 aliphatic heterocycles. The van der Waals surface area contributed by atoms with E-state index in [4.69, 9.17) is 11.6 Å². The second-order valence-corrected chi connectivity index (χ2v) is 7.86. The third-order valence-corrected chi connectivity index (χ3v) is 5.52. The van der Waals surface area contributed by atoms with Gasteiger partial charge in [0.05, 0.1) is 11.8 Å². The van der Waals surface area contributed by atoms with Crippen LogP contribution in [-0.4, -0.2) is 11.7 Å². The molecule has 1 unspecified atom stereocenters. The number of thioether (sulfide) groups is 1. The summed E-state index contributed by atoms with van der Waals surface area (Å²) in [5, 5.41) is 3.91. The van der Waals surface area contributed by atoms with Crippen molar-refractivity contribution in [3.8, 4) is 0 Å². The van der Waals surface area contributed by atoms with Crippen molar-refractivity contribution >= 4 is 29.3 Å². The molecular formula is C23H22ClNOS. The van der Waals surface area contributed by atoms with E-state index in [9.17, 15) is 4.79 Å². The molecule has 4 heteroatoms. The summed E-state index contributed by atoms with van der Waals surface area (Å²) >= 11 is 7.51. The first kappa shape index (κ1) is 19.5. The molecule has 1 amide bonds. The van der Waals surface area contributed by atoms with Crippen LogP contribution in [0.15, 0.2) is 78.9 Å². The lowest BCUT2D eigenvalue weighted by atomic mass is 9.98. The average Bonchev–Trinajstić information content (AvgIpc) is 2.69. The Hall–Kier alpha value is -2.23. The summed E-state index contributed by atoms with van der Waals surface area (Å²) in [6, 6.07) is 26.0. The summed E-state index contributed by atoms with van der Waals surface area (Å²) < 4.78 is 0. The molecule has 0 saturated heterocycles. The van der Waals surface area contributed by atoms with Gasteiger partial charge in [0.2, 0.25) is 5.91 Å². The molecule has 3 rings (SSSR count). The van der Waals surface area contributed by atoms with E-state index in [1.165, 1.54) is 5.56 Å². The molecule has 0 heterocycles. The van der Waals surface area contributed by atoms with Gasteiger partial charge in [-0.25, -0.2) is 0 Å². The normalized spacial score (nSPS) is 11.8. The van der Waals surface area contributed by atoms with E-state index in [2.05, 4.69) is 36.5 Å². The topological polar surface area (TPSA) is 29.1 Å². The highest BCUT2D eigenvalue weighted by Gasteiger charge is 2.16. The molecule has 138 valence electrons. The van der Waals surface area contributed by atoms with Crippen LogP contribution < -0.4 is 5.32 Å². The first-order chi connectivity index (χ1) is 13.1. The first-order valence-corrected chi connectivity index (χ1v) is 10.4. The zero-order chi connectivity index (χ0) is 19.1. The number of aryl methyl sites for hydroxylation is 1. The fourth-order valence-electron chi connectivity index (χ4n) is 2.81. The van der Waals surface area contributed by atoms with Gasteiger partial charge >= 0.3 is 0 Å². The second-order valence-electron chi connectivity index (χ2n) is 6.44. The standard InChI is InChI=1S/C23H22ClNOS/c1-17-7-11-20(12-8-17)23(19-5-3-2-4-6-19)25-22(26)16-27-15-18-9-13-21(24)14-10-18/h2-14,23H,15-16H2,1H3,(H,25,26). The molecule has 0 aliphatic carbocycles. The van der Waals surface area contributed by atoms with Crippen LogP contribution in [0.25, 0.3) is 0 Å². The largest absolute Gasteiger partial charge is 0.344 e. The fourth-order valence-corrected chi connectivity index (χ4v) is 3.73. The van der Waals surface area contributed by atoms with Crippen LogP contribution in [0.4, 0.5) is 0 Å². The molecule has 0 aromatic heterocycles. The highest BCUT2D eigenvalue weighted by molar-refractivity contribution is 7.99. The van der Waals surface area contributed by atoms with Crippen molar-refractivity contribution in [2.45, 2.75) is 18.7 Å². The molecule has 0 bridgehead atoms. The molecule has 27 heavy (non-hydrogen) atoms. The third-order valence-electron chi connectivity index (χ3n) is 4.26. The molecule has 1 N–H and O–H groups in total. The number of amides is 1. The van der Waals surface area contributed by atoms with Crippen molar-refractivity contribution < 1.29 is 4.79 Å². The van der Waals surface area contributed by atoms with E-state index in [1.54, 1.807) is 11.8 Å². The van der Waals surface area contributed by atoms with E-state index in [0.29, 0.717) is 5.75 Å². The summed E-state index contributed by atoms with van der Waals surface area (Å²) in [5.41, 5.74) is 4.53. The molecule has 3 aromatic carbocycles. The van der Waals surface area contributed by atoms with Crippen LogP contribution in [0.5, 0.6) is 0 Å². The molecule has 0 saturated carbocycles. The summed E-state index contributed by atoms with van der Waals surface area (Å²) in [6.07, 6.45) is 0. The molecule has 0 spiro atoms. The number of hydrogen-bond acceptors (Lipinski definition) is 2.